The van der Waals surface area contributed by atoms with E-state index in [9.17, 15) is 0 Å². The summed E-state index contributed by atoms with van der Waals surface area (Å²) in [6.07, 6.45) is 3.11. The van der Waals surface area contributed by atoms with Gasteiger partial charge < -0.3 is 4.74 Å². The fraction of sp³-hybridized carbons (Fsp3) is 0. The number of hydrogen-bond acceptors (Lipinski definition) is 3. The summed E-state index contributed by atoms with van der Waals surface area (Å²) in [5.41, 5.74) is 0.480. The number of rotatable bonds is 2. The van der Waals surface area contributed by atoms with Crippen LogP contribution in [0, 0.1) is 14.9 Å². The van der Waals surface area contributed by atoms with Gasteiger partial charge in [0, 0.05) is 9.77 Å². The van der Waals surface area contributed by atoms with Gasteiger partial charge in [0.2, 0.25) is 0 Å². The summed E-state index contributed by atoms with van der Waals surface area (Å²) in [4.78, 5) is 3.93. The Morgan fingerprint density at radius 3 is 2.62 bits per heavy atom. The third kappa shape index (κ3) is 2.49. The Bertz CT molecular complexity index is 531. The molecule has 16 heavy (non-hydrogen) atoms. The Hall–Kier alpha value is -1.61. The Morgan fingerprint density at radius 2 is 1.94 bits per heavy atom. The third-order valence-corrected chi connectivity index (χ3v) is 2.67. The van der Waals surface area contributed by atoms with Crippen molar-refractivity contribution in [3.8, 4) is 17.6 Å². The SMILES string of the molecule is N#Cc1ccncc1Oc1ccc(I)cc1. The summed E-state index contributed by atoms with van der Waals surface area (Å²) < 4.78 is 6.70. The topological polar surface area (TPSA) is 45.9 Å². The Kier molecular flexibility index (Phi) is 3.37. The first-order valence-corrected chi connectivity index (χ1v) is 5.65. The van der Waals surface area contributed by atoms with Gasteiger partial charge in [-0.15, -0.1) is 0 Å². The summed E-state index contributed by atoms with van der Waals surface area (Å²) in [5.74, 6) is 1.18. The first kappa shape index (κ1) is 10.9. The monoisotopic (exact) mass is 322 g/mol. The predicted molar refractivity (Wildman–Crippen MR) is 68.2 cm³/mol. The van der Waals surface area contributed by atoms with Crippen LogP contribution in [0.25, 0.3) is 0 Å². The highest BCUT2D eigenvalue weighted by Gasteiger charge is 2.03. The number of hydrogen-bond donors (Lipinski definition) is 0. The molecule has 4 heteroatoms. The number of ether oxygens (including phenoxy) is 1. The number of pyridine rings is 1. The molecule has 0 aliphatic heterocycles. The zero-order valence-electron chi connectivity index (χ0n) is 8.22. The van der Waals surface area contributed by atoms with E-state index in [2.05, 4.69) is 33.6 Å². The van der Waals surface area contributed by atoms with Gasteiger partial charge >= 0.3 is 0 Å². The van der Waals surface area contributed by atoms with Gasteiger partial charge in [0.1, 0.15) is 11.8 Å². The van der Waals surface area contributed by atoms with Crippen molar-refractivity contribution in [3.63, 3.8) is 0 Å². The Morgan fingerprint density at radius 1 is 1.19 bits per heavy atom. The Balaban J connectivity index is 2.27. The van der Waals surface area contributed by atoms with Crippen LogP contribution < -0.4 is 4.74 Å². The molecule has 3 nitrogen and oxygen atoms in total. The molecular formula is C12H7IN2O. The summed E-state index contributed by atoms with van der Waals surface area (Å²) in [7, 11) is 0. The lowest BCUT2D eigenvalue weighted by Gasteiger charge is -2.06. The molecule has 0 saturated heterocycles. The van der Waals surface area contributed by atoms with Crippen LogP contribution in [-0.4, -0.2) is 4.98 Å². The van der Waals surface area contributed by atoms with Crippen LogP contribution in [0.1, 0.15) is 5.56 Å². The second-order valence-corrected chi connectivity index (χ2v) is 4.29. The maximum Gasteiger partial charge on any atom is 0.163 e. The summed E-state index contributed by atoms with van der Waals surface area (Å²) in [6, 6.07) is 11.3. The molecule has 0 aliphatic rings. The maximum atomic E-state index is 8.88. The zero-order chi connectivity index (χ0) is 11.4. The highest BCUT2D eigenvalue weighted by Crippen LogP contribution is 2.24. The smallest absolute Gasteiger partial charge is 0.163 e. The van der Waals surface area contributed by atoms with Crippen molar-refractivity contribution in [2.45, 2.75) is 0 Å². The number of nitriles is 1. The molecule has 0 radical (unpaired) electrons. The molecule has 1 aromatic heterocycles. The van der Waals surface area contributed by atoms with Crippen LogP contribution >= 0.6 is 22.6 Å². The molecule has 1 heterocycles. The van der Waals surface area contributed by atoms with Gasteiger partial charge in [-0.2, -0.15) is 5.26 Å². The summed E-state index contributed by atoms with van der Waals surface area (Å²) in [5, 5.41) is 8.88. The minimum atomic E-state index is 0.478. The lowest BCUT2D eigenvalue weighted by Crippen LogP contribution is -1.89. The maximum absolute atomic E-state index is 8.88. The molecule has 0 spiro atoms. The van der Waals surface area contributed by atoms with Gasteiger partial charge in [0.15, 0.2) is 5.75 Å². The first-order valence-electron chi connectivity index (χ1n) is 4.57. The third-order valence-electron chi connectivity index (χ3n) is 1.95. The van der Waals surface area contributed by atoms with Crippen molar-refractivity contribution in [1.29, 1.82) is 5.26 Å². The minimum absolute atomic E-state index is 0.478. The number of aromatic nitrogens is 1. The van der Waals surface area contributed by atoms with Gasteiger partial charge in [-0.05, 0) is 52.9 Å². The van der Waals surface area contributed by atoms with Crippen molar-refractivity contribution in [1.82, 2.24) is 4.98 Å². The lowest BCUT2D eigenvalue weighted by molar-refractivity contribution is 0.478. The number of halogens is 1. The fourth-order valence-electron chi connectivity index (χ4n) is 1.18. The summed E-state index contributed by atoms with van der Waals surface area (Å²) in [6.45, 7) is 0. The van der Waals surface area contributed by atoms with Crippen LogP contribution in [0.4, 0.5) is 0 Å². The quantitative estimate of drug-likeness (QED) is 0.797. The van der Waals surface area contributed by atoms with E-state index in [4.69, 9.17) is 10.00 Å². The van der Waals surface area contributed by atoms with Gasteiger partial charge in [0.05, 0.1) is 11.8 Å². The highest BCUT2D eigenvalue weighted by molar-refractivity contribution is 14.1. The average molecular weight is 322 g/mol. The van der Waals surface area contributed by atoms with E-state index < -0.39 is 0 Å². The molecule has 0 aliphatic carbocycles. The molecule has 0 amide bonds. The van der Waals surface area contributed by atoms with E-state index in [-0.39, 0.29) is 0 Å². The molecule has 0 unspecified atom stereocenters. The summed E-state index contributed by atoms with van der Waals surface area (Å²) >= 11 is 2.22. The van der Waals surface area contributed by atoms with Gasteiger partial charge in [-0.25, -0.2) is 0 Å². The van der Waals surface area contributed by atoms with E-state index >= 15 is 0 Å². The standard InChI is InChI=1S/C12H7IN2O/c13-10-1-3-11(4-2-10)16-12-8-15-6-5-9(12)7-14/h1-6,8H. The molecule has 1 aromatic carbocycles. The van der Waals surface area contributed by atoms with E-state index in [0.717, 1.165) is 3.57 Å². The normalized spacial score (nSPS) is 9.50. The molecule has 0 fully saturated rings. The minimum Gasteiger partial charge on any atom is -0.454 e. The lowest BCUT2D eigenvalue weighted by atomic mass is 10.3. The van der Waals surface area contributed by atoms with Crippen LogP contribution in [0.2, 0.25) is 0 Å². The first-order chi connectivity index (χ1) is 7.79. The van der Waals surface area contributed by atoms with Gasteiger partial charge in [-0.3, -0.25) is 4.98 Å². The highest BCUT2D eigenvalue weighted by atomic mass is 127. The molecular weight excluding hydrogens is 315 g/mol. The predicted octanol–water partition coefficient (Wildman–Crippen LogP) is 3.35. The second-order valence-electron chi connectivity index (χ2n) is 3.04. The van der Waals surface area contributed by atoms with Crippen LogP contribution in [0.5, 0.6) is 11.5 Å². The average Bonchev–Trinajstić information content (AvgIpc) is 2.33. The largest absolute Gasteiger partial charge is 0.454 e. The molecule has 78 valence electrons. The van der Waals surface area contributed by atoms with Crippen molar-refractivity contribution < 1.29 is 4.74 Å². The van der Waals surface area contributed by atoms with Crippen molar-refractivity contribution in [2.75, 3.05) is 0 Å². The second kappa shape index (κ2) is 4.94. The number of benzene rings is 1. The Labute approximate surface area is 107 Å². The van der Waals surface area contributed by atoms with E-state index in [1.807, 2.05) is 24.3 Å². The van der Waals surface area contributed by atoms with E-state index in [1.165, 1.54) is 6.20 Å². The van der Waals surface area contributed by atoms with Crippen molar-refractivity contribution in [3.05, 3.63) is 51.9 Å². The van der Waals surface area contributed by atoms with Crippen molar-refractivity contribution >= 4 is 22.6 Å². The van der Waals surface area contributed by atoms with Crippen molar-refractivity contribution in [2.24, 2.45) is 0 Å². The molecule has 0 saturated carbocycles. The zero-order valence-corrected chi connectivity index (χ0v) is 10.4. The fourth-order valence-corrected chi connectivity index (χ4v) is 1.54. The molecule has 0 N–H and O–H groups in total. The molecule has 2 aromatic rings. The van der Waals surface area contributed by atoms with E-state index in [0.29, 0.717) is 17.1 Å². The van der Waals surface area contributed by atoms with Gasteiger partial charge in [0.25, 0.3) is 0 Å². The van der Waals surface area contributed by atoms with Crippen LogP contribution in [0.15, 0.2) is 42.7 Å². The van der Waals surface area contributed by atoms with E-state index in [1.54, 1.807) is 12.3 Å². The molecule has 0 atom stereocenters. The van der Waals surface area contributed by atoms with Gasteiger partial charge in [-0.1, -0.05) is 0 Å². The number of nitrogens with zero attached hydrogens (tertiary/aromatic N) is 2. The van der Waals surface area contributed by atoms with Crippen LogP contribution in [0.3, 0.4) is 0 Å². The van der Waals surface area contributed by atoms with Crippen LogP contribution in [-0.2, 0) is 0 Å². The molecule has 0 bridgehead atoms. The molecule has 2 rings (SSSR count).